The average molecular weight is 163 g/mol. The summed E-state index contributed by atoms with van der Waals surface area (Å²) in [6.07, 6.45) is 1.29. The zero-order chi connectivity index (χ0) is 7.40. The van der Waals surface area contributed by atoms with Gasteiger partial charge in [-0.25, -0.2) is 0 Å². The summed E-state index contributed by atoms with van der Waals surface area (Å²) < 4.78 is 0. The van der Waals surface area contributed by atoms with Gasteiger partial charge in [0.2, 0.25) is 0 Å². The van der Waals surface area contributed by atoms with Crippen molar-refractivity contribution in [2.24, 2.45) is 0 Å². The normalized spacial score (nSPS) is 11.8. The molecule has 0 aliphatic heterocycles. The number of hydrogen-bond donors (Lipinski definition) is 0. The molecule has 0 N–H and O–H groups in total. The molecule has 1 aromatic rings. The minimum Gasteiger partial charge on any atom is -0.0788 e. The van der Waals surface area contributed by atoms with Gasteiger partial charge in [0.1, 0.15) is 0 Å². The lowest BCUT2D eigenvalue weighted by Crippen LogP contribution is -1.98. The molecule has 0 bridgehead atoms. The topological polar surface area (TPSA) is 0 Å². The second kappa shape index (κ2) is 5.38. The van der Waals surface area contributed by atoms with Gasteiger partial charge in [-0.15, -0.1) is 0 Å². The van der Waals surface area contributed by atoms with Crippen LogP contribution in [0.5, 0.6) is 0 Å². The van der Waals surface area contributed by atoms with Crippen molar-refractivity contribution >= 4 is 21.6 Å². The van der Waals surface area contributed by atoms with Crippen LogP contribution in [-0.4, -0.2) is 21.2 Å². The Morgan fingerprint density at radius 3 is 2.18 bits per heavy atom. The Morgan fingerprint density at radius 2 is 1.73 bits per heavy atom. The third kappa shape index (κ3) is 3.07. The van der Waals surface area contributed by atoms with E-state index in [0.717, 1.165) is 0 Å². The highest BCUT2D eigenvalue weighted by Gasteiger charge is 1.97. The highest BCUT2D eigenvalue weighted by atomic mass is 31.1. The summed E-state index contributed by atoms with van der Waals surface area (Å²) in [6, 6.07) is 10.7. The van der Waals surface area contributed by atoms with Crippen LogP contribution in [0.1, 0.15) is 6.92 Å². The van der Waals surface area contributed by atoms with Crippen LogP contribution >= 0.6 is 7.92 Å². The van der Waals surface area contributed by atoms with E-state index >= 15 is 0 Å². The van der Waals surface area contributed by atoms with E-state index in [-0.39, 0.29) is 16.3 Å². The highest BCUT2D eigenvalue weighted by Crippen LogP contribution is 2.27. The molecule has 0 amide bonds. The third-order valence-corrected chi connectivity index (χ3v) is 3.80. The van der Waals surface area contributed by atoms with Crippen LogP contribution in [0.3, 0.4) is 0 Å². The minimum atomic E-state index is 0. The second-order valence-corrected chi connectivity index (χ2v) is 4.89. The first kappa shape index (κ1) is 10.7. The van der Waals surface area contributed by atoms with Crippen LogP contribution in [-0.2, 0) is 0 Å². The quantitative estimate of drug-likeness (QED) is 0.462. The van der Waals surface area contributed by atoms with Crippen molar-refractivity contribution < 1.29 is 0 Å². The van der Waals surface area contributed by atoms with E-state index < -0.39 is 0 Å². The van der Waals surface area contributed by atoms with Gasteiger partial charge in [-0.1, -0.05) is 45.2 Å². The molecule has 0 saturated carbocycles. The van der Waals surface area contributed by atoms with E-state index in [0.29, 0.717) is 0 Å². The molecule has 1 rings (SSSR count). The lowest BCUT2D eigenvalue weighted by molar-refractivity contribution is 1.50. The predicted octanol–water partition coefficient (Wildman–Crippen LogP) is 2.06. The van der Waals surface area contributed by atoms with Crippen LogP contribution in [0.4, 0.5) is 0 Å². The Labute approximate surface area is 72.3 Å². The number of hydrogen-bond acceptors (Lipinski definition) is 0. The van der Waals surface area contributed by atoms with Gasteiger partial charge >= 0.3 is 0 Å². The molecule has 0 nitrogen and oxygen atoms in total. The van der Waals surface area contributed by atoms with Gasteiger partial charge in [0.05, 0.1) is 0 Å². The van der Waals surface area contributed by atoms with Crippen molar-refractivity contribution in [1.82, 2.24) is 0 Å². The average Bonchev–Trinajstić information content (AvgIpc) is 2.05. The molecule has 3 radical (unpaired) electrons. The Morgan fingerprint density at radius 1 is 1.18 bits per heavy atom. The molecule has 0 aliphatic rings. The molecule has 0 heterocycles. The molecule has 0 unspecified atom stereocenters. The van der Waals surface area contributed by atoms with Gasteiger partial charge in [-0.05, 0) is 18.1 Å². The minimum absolute atomic E-state index is 0. The van der Waals surface area contributed by atoms with E-state index in [1.165, 1.54) is 11.5 Å². The summed E-state index contributed by atoms with van der Waals surface area (Å²) >= 11 is 0. The van der Waals surface area contributed by atoms with Crippen LogP contribution in [0, 0.1) is 0 Å². The molecule has 0 saturated heterocycles. The summed E-state index contributed by atoms with van der Waals surface area (Å²) in [6.45, 7) is 4.57. The summed E-state index contributed by atoms with van der Waals surface area (Å²) in [7, 11) is 0.127. The summed E-state index contributed by atoms with van der Waals surface area (Å²) in [5.74, 6) is 0. The van der Waals surface area contributed by atoms with Crippen LogP contribution in [0.15, 0.2) is 30.3 Å². The van der Waals surface area contributed by atoms with Gasteiger partial charge in [0.15, 0.2) is 0 Å². The molecular weight excluding hydrogens is 150 g/mol. The van der Waals surface area contributed by atoms with Crippen LogP contribution in [0.2, 0.25) is 0 Å². The molecular formula is C9H13BP. The van der Waals surface area contributed by atoms with Crippen molar-refractivity contribution in [2.75, 3.05) is 12.8 Å². The SMILES string of the molecule is CC[P@](C)c1ccccc1.[B]. The number of rotatable bonds is 2. The molecule has 0 fully saturated rings. The van der Waals surface area contributed by atoms with Gasteiger partial charge in [-0.2, -0.15) is 0 Å². The van der Waals surface area contributed by atoms with Crippen molar-refractivity contribution in [2.45, 2.75) is 6.92 Å². The Kier molecular flexibility index (Phi) is 5.24. The Hall–Kier alpha value is -0.285. The molecule has 11 heavy (non-hydrogen) atoms. The maximum Gasteiger partial charge on any atom is 0 e. The number of benzene rings is 1. The third-order valence-electron chi connectivity index (χ3n) is 1.67. The fourth-order valence-corrected chi connectivity index (χ4v) is 1.91. The summed E-state index contributed by atoms with van der Waals surface area (Å²) in [5, 5.41) is 1.51. The largest absolute Gasteiger partial charge is 0.0788 e. The van der Waals surface area contributed by atoms with Gasteiger partial charge < -0.3 is 0 Å². The molecule has 2 heteroatoms. The van der Waals surface area contributed by atoms with Crippen LogP contribution < -0.4 is 5.30 Å². The van der Waals surface area contributed by atoms with Crippen molar-refractivity contribution in [3.05, 3.63) is 30.3 Å². The van der Waals surface area contributed by atoms with Crippen molar-refractivity contribution in [3.63, 3.8) is 0 Å². The summed E-state index contributed by atoms with van der Waals surface area (Å²) in [4.78, 5) is 0. The molecule has 0 aliphatic carbocycles. The maximum atomic E-state index is 2.32. The van der Waals surface area contributed by atoms with E-state index in [1.54, 1.807) is 0 Å². The molecule has 0 spiro atoms. The van der Waals surface area contributed by atoms with Crippen molar-refractivity contribution in [1.29, 1.82) is 0 Å². The highest BCUT2D eigenvalue weighted by molar-refractivity contribution is 7.64. The lowest BCUT2D eigenvalue weighted by Gasteiger charge is -2.07. The fraction of sp³-hybridized carbons (Fsp3) is 0.333. The fourth-order valence-electron chi connectivity index (χ4n) is 0.865. The molecule has 0 aromatic heterocycles. The molecule has 57 valence electrons. The van der Waals surface area contributed by atoms with E-state index in [4.69, 9.17) is 0 Å². The second-order valence-electron chi connectivity index (χ2n) is 2.35. The smallest absolute Gasteiger partial charge is 0 e. The lowest BCUT2D eigenvalue weighted by atomic mass is 10.4. The van der Waals surface area contributed by atoms with E-state index in [2.05, 4.69) is 43.9 Å². The first-order chi connectivity index (χ1) is 4.84. The molecule has 1 aromatic carbocycles. The van der Waals surface area contributed by atoms with Gasteiger partial charge in [0, 0.05) is 8.41 Å². The molecule has 1 atom stereocenters. The van der Waals surface area contributed by atoms with Gasteiger partial charge in [0.25, 0.3) is 0 Å². The Balaban J connectivity index is 0.000001000. The maximum absolute atomic E-state index is 2.32. The van der Waals surface area contributed by atoms with Crippen LogP contribution in [0.25, 0.3) is 0 Å². The van der Waals surface area contributed by atoms with Gasteiger partial charge in [-0.3, -0.25) is 0 Å². The van der Waals surface area contributed by atoms with Crippen molar-refractivity contribution in [3.8, 4) is 0 Å². The zero-order valence-electron chi connectivity index (χ0n) is 7.12. The standard InChI is InChI=1S/C9H13P.B/c1-3-10(2)9-7-5-4-6-8-9;/h4-8H,3H2,1-2H3;/t10-;/m0./s1. The first-order valence-electron chi connectivity index (χ1n) is 3.60. The Bertz CT molecular complexity index is 186. The monoisotopic (exact) mass is 163 g/mol. The zero-order valence-corrected chi connectivity index (χ0v) is 8.01. The van der Waals surface area contributed by atoms with E-state index in [9.17, 15) is 0 Å². The summed E-state index contributed by atoms with van der Waals surface area (Å²) in [5.41, 5.74) is 0. The predicted molar refractivity (Wildman–Crippen MR) is 55.2 cm³/mol. The first-order valence-corrected chi connectivity index (χ1v) is 5.58. The van der Waals surface area contributed by atoms with E-state index in [1.807, 2.05) is 0 Å².